The van der Waals surface area contributed by atoms with E-state index in [1.807, 2.05) is 24.5 Å². The Kier molecular flexibility index (Phi) is 8.88. The topological polar surface area (TPSA) is 185 Å². The van der Waals surface area contributed by atoms with Crippen LogP contribution in [0.25, 0.3) is 0 Å². The molecule has 202 valence electrons. The molecule has 4 rings (SSSR count). The number of aliphatic carboxylic acids is 1. The molecule has 1 unspecified atom stereocenters. The quantitative estimate of drug-likeness (QED) is 0.0959. The third kappa shape index (κ3) is 5.93. The van der Waals surface area contributed by atoms with E-state index in [-0.39, 0.29) is 28.9 Å². The number of hydrogen-bond acceptors (Lipinski definition) is 13. The van der Waals surface area contributed by atoms with Crippen LogP contribution >= 0.6 is 23.3 Å². The normalized spacial score (nSPS) is 19.2. The van der Waals surface area contributed by atoms with Gasteiger partial charge >= 0.3 is 0 Å². The molecular formula is C22H25N7O7S2. The van der Waals surface area contributed by atoms with Crippen molar-refractivity contribution in [2.24, 2.45) is 5.16 Å². The van der Waals surface area contributed by atoms with Gasteiger partial charge in [-0.2, -0.15) is 9.36 Å². The molecule has 16 heteroatoms. The second-order valence-corrected chi connectivity index (χ2v) is 9.99. The van der Waals surface area contributed by atoms with Crippen LogP contribution in [0.2, 0.25) is 0 Å². The fourth-order valence-electron chi connectivity index (χ4n) is 3.85. The monoisotopic (exact) mass is 563 g/mol. The summed E-state index contributed by atoms with van der Waals surface area (Å²) in [6.45, 7) is 1.66. The molecule has 0 saturated carbocycles. The van der Waals surface area contributed by atoms with Crippen LogP contribution in [0.3, 0.4) is 0 Å². The minimum absolute atomic E-state index is 0.0473. The number of thioether (sulfide) groups is 1. The molecule has 0 spiro atoms. The summed E-state index contributed by atoms with van der Waals surface area (Å²) in [7, 11) is 2.85. The van der Waals surface area contributed by atoms with Crippen LogP contribution in [0.15, 0.2) is 41.0 Å². The maximum Gasteiger partial charge on any atom is 0.278 e. The molecule has 1 fully saturated rings. The number of rotatable bonds is 12. The molecule has 3 N–H and O–H groups in total. The molecule has 1 saturated heterocycles. The standard InChI is InChI=1S/C22H25N7O7S2/c1-34-7-8-36-10-12-3-5-28(6-4-12)9-13-11-37-20-15(19(31)29(20)16(13)21(32)33)24-18(30)14(26-35-2)17-25-22(23)38-27-17/h3-6,15,20H,7-11H2,1-2H3,(H3-,23,24,25,27,30,32,33)/t15?,20-/m1/s1. The Morgan fingerprint density at radius 2 is 2.08 bits per heavy atom. The predicted octanol–water partition coefficient (Wildman–Crippen LogP) is -1.97. The van der Waals surface area contributed by atoms with Gasteiger partial charge in [0.05, 0.1) is 31.5 Å². The number of ether oxygens (including phenoxy) is 2. The largest absolute Gasteiger partial charge is 0.543 e. The van der Waals surface area contributed by atoms with Gasteiger partial charge in [0.1, 0.15) is 18.5 Å². The van der Waals surface area contributed by atoms with E-state index in [9.17, 15) is 19.5 Å². The summed E-state index contributed by atoms with van der Waals surface area (Å²) in [5.41, 5.74) is 6.60. The lowest BCUT2D eigenvalue weighted by molar-refractivity contribution is -0.689. The van der Waals surface area contributed by atoms with Crippen LogP contribution in [0.1, 0.15) is 11.4 Å². The first-order valence-electron chi connectivity index (χ1n) is 11.3. The smallest absolute Gasteiger partial charge is 0.278 e. The first-order chi connectivity index (χ1) is 18.3. The van der Waals surface area contributed by atoms with Crippen LogP contribution in [0.4, 0.5) is 5.13 Å². The van der Waals surface area contributed by atoms with Gasteiger partial charge in [-0.1, -0.05) is 5.16 Å². The maximum atomic E-state index is 13.0. The predicted molar refractivity (Wildman–Crippen MR) is 133 cm³/mol. The molecule has 2 atom stereocenters. The average Bonchev–Trinajstić information content (AvgIpc) is 3.34. The van der Waals surface area contributed by atoms with Crippen molar-refractivity contribution < 1.29 is 38.4 Å². The van der Waals surface area contributed by atoms with E-state index < -0.39 is 29.2 Å². The molecule has 0 aromatic carbocycles. The Hall–Kier alpha value is -3.60. The van der Waals surface area contributed by atoms with Crippen LogP contribution in [0.5, 0.6) is 0 Å². The van der Waals surface area contributed by atoms with Gasteiger partial charge in [0.2, 0.25) is 11.5 Å². The minimum atomic E-state index is -1.46. The lowest BCUT2D eigenvalue weighted by atomic mass is 10.0. The summed E-state index contributed by atoms with van der Waals surface area (Å²) >= 11 is 2.21. The highest BCUT2D eigenvalue weighted by atomic mass is 32.2. The average molecular weight is 564 g/mol. The van der Waals surface area contributed by atoms with Gasteiger partial charge in [-0.25, -0.2) is 4.57 Å². The summed E-state index contributed by atoms with van der Waals surface area (Å²) in [5.74, 6) is -2.52. The maximum absolute atomic E-state index is 13.0. The van der Waals surface area contributed by atoms with Crippen LogP contribution < -0.4 is 20.7 Å². The molecule has 2 aromatic heterocycles. The molecule has 0 aliphatic carbocycles. The number of carboxylic acid groups (broad SMARTS) is 1. The molecule has 38 heavy (non-hydrogen) atoms. The van der Waals surface area contributed by atoms with E-state index >= 15 is 0 Å². The number of hydrogen-bond donors (Lipinski definition) is 2. The first-order valence-corrected chi connectivity index (χ1v) is 13.1. The number of nitrogen functional groups attached to an aromatic ring is 1. The first kappa shape index (κ1) is 27.4. The SMILES string of the molecule is COCCOCc1cc[n+](CC2=C(C(=O)[O-])N3C(=O)C(NC(=O)C(=NOC)c4nsc(N)n4)[C@H]3SC2)cc1. The van der Waals surface area contributed by atoms with Gasteiger partial charge in [0.25, 0.3) is 11.8 Å². The third-order valence-corrected chi connectivity index (χ3v) is 7.49. The Morgan fingerprint density at radius 1 is 1.32 bits per heavy atom. The van der Waals surface area contributed by atoms with E-state index in [0.717, 1.165) is 22.0 Å². The van der Waals surface area contributed by atoms with Crippen LogP contribution in [0, 0.1) is 0 Å². The van der Waals surface area contributed by atoms with Gasteiger partial charge in [0.15, 0.2) is 24.1 Å². The van der Waals surface area contributed by atoms with Gasteiger partial charge in [-0.3, -0.25) is 14.5 Å². The molecule has 2 aliphatic rings. The lowest BCUT2D eigenvalue weighted by Crippen LogP contribution is -2.71. The highest BCUT2D eigenvalue weighted by molar-refractivity contribution is 8.00. The van der Waals surface area contributed by atoms with Gasteiger partial charge < -0.3 is 35.3 Å². The van der Waals surface area contributed by atoms with E-state index in [1.165, 1.54) is 18.9 Å². The summed E-state index contributed by atoms with van der Waals surface area (Å²) in [5, 5.41) is 17.8. The molecule has 4 heterocycles. The highest BCUT2D eigenvalue weighted by Crippen LogP contribution is 2.40. The van der Waals surface area contributed by atoms with Crippen LogP contribution in [-0.2, 0) is 41.8 Å². The number of oxime groups is 1. The molecule has 0 bridgehead atoms. The van der Waals surface area contributed by atoms with Gasteiger partial charge in [-0.05, 0) is 5.56 Å². The Bertz CT molecular complexity index is 1260. The van der Waals surface area contributed by atoms with E-state index in [2.05, 4.69) is 19.8 Å². The summed E-state index contributed by atoms with van der Waals surface area (Å²) in [4.78, 5) is 47.7. The van der Waals surface area contributed by atoms with Crippen molar-refractivity contribution in [3.63, 3.8) is 0 Å². The second kappa shape index (κ2) is 12.3. The van der Waals surface area contributed by atoms with Crippen molar-refractivity contribution in [3.05, 3.63) is 47.2 Å². The van der Waals surface area contributed by atoms with Crippen LogP contribution in [-0.4, -0.2) is 82.4 Å². The zero-order chi connectivity index (χ0) is 27.2. The second-order valence-electron chi connectivity index (χ2n) is 8.10. The van der Waals surface area contributed by atoms with Crippen molar-refractivity contribution in [3.8, 4) is 0 Å². The number of carboxylic acids is 1. The number of fused-ring (bicyclic) bond motifs is 1. The number of aromatic nitrogens is 3. The number of β-lactam (4-membered cyclic amide) rings is 1. The van der Waals surface area contributed by atoms with E-state index in [0.29, 0.717) is 31.1 Å². The Morgan fingerprint density at radius 3 is 2.71 bits per heavy atom. The van der Waals surface area contributed by atoms with Crippen molar-refractivity contribution in [1.29, 1.82) is 0 Å². The number of carbonyl (C=O) groups excluding carboxylic acids is 3. The molecule has 0 radical (unpaired) electrons. The highest BCUT2D eigenvalue weighted by Gasteiger charge is 2.53. The molecule has 2 aromatic rings. The Labute approximate surface area is 225 Å². The van der Waals surface area contributed by atoms with Crippen molar-refractivity contribution in [2.75, 3.05) is 38.9 Å². The number of amides is 2. The molecule has 2 aliphatic heterocycles. The summed E-state index contributed by atoms with van der Waals surface area (Å²) in [6.07, 6.45) is 3.62. The molecular weight excluding hydrogens is 538 g/mol. The number of nitrogens with zero attached hydrogens (tertiary/aromatic N) is 5. The zero-order valence-corrected chi connectivity index (χ0v) is 22.1. The fourth-order valence-corrected chi connectivity index (χ4v) is 5.62. The van der Waals surface area contributed by atoms with Gasteiger partial charge in [-0.15, -0.1) is 11.8 Å². The zero-order valence-electron chi connectivity index (χ0n) is 20.5. The van der Waals surface area contributed by atoms with Crippen molar-refractivity contribution in [1.82, 2.24) is 19.6 Å². The number of pyridine rings is 1. The lowest BCUT2D eigenvalue weighted by Gasteiger charge is -2.50. The minimum Gasteiger partial charge on any atom is -0.543 e. The van der Waals surface area contributed by atoms with Crippen molar-refractivity contribution >= 4 is 51.9 Å². The number of methoxy groups -OCH3 is 1. The van der Waals surface area contributed by atoms with E-state index in [4.69, 9.17) is 20.0 Å². The number of anilines is 1. The number of nitrogens with two attached hydrogens (primary N) is 1. The molecule has 14 nitrogen and oxygen atoms in total. The summed E-state index contributed by atoms with van der Waals surface area (Å²) in [6, 6.07) is 2.76. The number of carbonyl (C=O) groups is 3. The summed E-state index contributed by atoms with van der Waals surface area (Å²) < 4.78 is 16.2. The molecule has 2 amide bonds. The number of nitrogens with one attached hydrogen (secondary N) is 1. The fraction of sp³-hybridized carbons (Fsp3) is 0.409. The van der Waals surface area contributed by atoms with Crippen molar-refractivity contribution in [2.45, 2.75) is 24.6 Å². The third-order valence-electron chi connectivity index (χ3n) is 5.61. The Balaban J connectivity index is 1.44. The van der Waals surface area contributed by atoms with E-state index in [1.54, 1.807) is 11.7 Å². The van der Waals surface area contributed by atoms with Gasteiger partial charge in [0, 0.05) is 42.1 Å².